The summed E-state index contributed by atoms with van der Waals surface area (Å²) in [5.74, 6) is -0.482. The summed E-state index contributed by atoms with van der Waals surface area (Å²) in [4.78, 5) is 24.4. The molecule has 3 aromatic rings. The molecule has 0 saturated heterocycles. The first kappa shape index (κ1) is 22.6. The maximum atomic E-state index is 13.1. The van der Waals surface area contributed by atoms with Crippen molar-refractivity contribution in [3.8, 4) is 5.75 Å². The van der Waals surface area contributed by atoms with Crippen LogP contribution < -0.4 is 10.1 Å². The largest absolute Gasteiger partial charge is 0.493 e. The fraction of sp³-hybridized carbons (Fsp3) is 0.286. The van der Waals surface area contributed by atoms with Crippen LogP contribution in [0, 0.1) is 26.7 Å². The molecule has 5 nitrogen and oxygen atoms in total. The lowest BCUT2D eigenvalue weighted by molar-refractivity contribution is -0.138. The first-order valence-corrected chi connectivity index (χ1v) is 11.3. The number of aliphatic carboxylic acids is 1. The molecule has 0 bridgehead atoms. The highest BCUT2D eigenvalue weighted by Gasteiger charge is 2.44. The number of nitrogens with one attached hydrogen (secondary N) is 1. The van der Waals surface area contributed by atoms with Gasteiger partial charge in [-0.1, -0.05) is 42.5 Å². The highest BCUT2D eigenvalue weighted by molar-refractivity contribution is 6.06. The van der Waals surface area contributed by atoms with Crippen LogP contribution in [0.2, 0.25) is 0 Å². The Labute approximate surface area is 194 Å². The van der Waals surface area contributed by atoms with Gasteiger partial charge in [-0.2, -0.15) is 0 Å². The maximum Gasteiger partial charge on any atom is 0.307 e. The van der Waals surface area contributed by atoms with Gasteiger partial charge in [-0.25, -0.2) is 0 Å². The van der Waals surface area contributed by atoms with E-state index in [0.717, 1.165) is 40.1 Å². The Bertz CT molecular complexity index is 1160. The number of rotatable bonds is 8. The number of ether oxygens (including phenoxy) is 1. The average molecular weight is 444 g/mol. The topological polar surface area (TPSA) is 75.6 Å². The number of amides is 1. The van der Waals surface area contributed by atoms with Crippen LogP contribution in [0.25, 0.3) is 0 Å². The van der Waals surface area contributed by atoms with E-state index in [1.807, 2.05) is 69.3 Å². The van der Waals surface area contributed by atoms with Crippen LogP contribution >= 0.6 is 0 Å². The van der Waals surface area contributed by atoms with Crippen LogP contribution in [0.4, 0.5) is 5.69 Å². The second-order valence-corrected chi connectivity index (χ2v) is 8.83. The van der Waals surface area contributed by atoms with Crippen LogP contribution in [0.1, 0.15) is 50.5 Å². The lowest BCUT2D eigenvalue weighted by Gasteiger charge is -2.15. The van der Waals surface area contributed by atoms with Gasteiger partial charge in [-0.15, -0.1) is 0 Å². The van der Waals surface area contributed by atoms with Crippen LogP contribution in [-0.2, 0) is 11.2 Å². The first-order valence-electron chi connectivity index (χ1n) is 11.3. The Morgan fingerprint density at radius 2 is 1.67 bits per heavy atom. The number of aryl methyl sites for hydroxylation is 3. The molecule has 0 radical (unpaired) electrons. The molecule has 4 rings (SSSR count). The number of carboxylic acids is 1. The van der Waals surface area contributed by atoms with Crippen molar-refractivity contribution >= 4 is 17.6 Å². The Kier molecular flexibility index (Phi) is 6.50. The van der Waals surface area contributed by atoms with E-state index >= 15 is 0 Å². The zero-order valence-electron chi connectivity index (χ0n) is 19.2. The number of carbonyl (C=O) groups is 2. The van der Waals surface area contributed by atoms with Gasteiger partial charge in [0, 0.05) is 17.7 Å². The standard InChI is InChI=1S/C28H29NO4/c1-17-9-10-21(23-16-24(23)28(31)32)15-25(17)29-27(30)26-18(2)13-22(14-19(26)3)33-12-11-20-7-5-4-6-8-20/h4-10,13-15,23-24H,11-12,16H2,1-3H3,(H,29,30)(H,31,32)/t23-,24-/m0/s1. The predicted molar refractivity (Wildman–Crippen MR) is 129 cm³/mol. The van der Waals surface area contributed by atoms with Crippen molar-refractivity contribution in [1.29, 1.82) is 0 Å². The molecule has 1 aliphatic rings. The zero-order valence-corrected chi connectivity index (χ0v) is 19.2. The average Bonchev–Trinajstić information content (AvgIpc) is 3.57. The van der Waals surface area contributed by atoms with Gasteiger partial charge in [0.1, 0.15) is 5.75 Å². The van der Waals surface area contributed by atoms with Gasteiger partial charge in [-0.05, 0) is 79.1 Å². The maximum absolute atomic E-state index is 13.1. The molecule has 1 aliphatic carbocycles. The molecule has 1 amide bonds. The molecule has 3 aromatic carbocycles. The summed E-state index contributed by atoms with van der Waals surface area (Å²) in [5.41, 5.74) is 6.17. The Hall–Kier alpha value is -3.60. The number of benzene rings is 3. The third-order valence-electron chi connectivity index (χ3n) is 6.28. The number of carbonyl (C=O) groups excluding carboxylic acids is 1. The van der Waals surface area contributed by atoms with Crippen molar-refractivity contribution in [3.63, 3.8) is 0 Å². The lowest BCUT2D eigenvalue weighted by Crippen LogP contribution is -2.16. The minimum absolute atomic E-state index is 0.0227. The third kappa shape index (κ3) is 5.25. The van der Waals surface area contributed by atoms with Crippen molar-refractivity contribution < 1.29 is 19.4 Å². The van der Waals surface area contributed by atoms with Gasteiger partial charge in [0.2, 0.25) is 0 Å². The molecule has 170 valence electrons. The normalized spacial score (nSPS) is 16.8. The zero-order chi connectivity index (χ0) is 23.5. The molecule has 0 unspecified atom stereocenters. The monoisotopic (exact) mass is 443 g/mol. The van der Waals surface area contributed by atoms with E-state index in [2.05, 4.69) is 17.4 Å². The number of hydrogen-bond acceptors (Lipinski definition) is 3. The molecule has 0 aliphatic heterocycles. The number of hydrogen-bond donors (Lipinski definition) is 2. The minimum atomic E-state index is -0.761. The van der Waals surface area contributed by atoms with Gasteiger partial charge in [0.05, 0.1) is 12.5 Å². The molecular weight excluding hydrogens is 414 g/mol. The van der Waals surface area contributed by atoms with E-state index in [9.17, 15) is 14.7 Å². The van der Waals surface area contributed by atoms with Crippen LogP contribution in [0.3, 0.4) is 0 Å². The predicted octanol–water partition coefficient (Wildman–Crippen LogP) is 5.67. The fourth-order valence-corrected chi connectivity index (χ4v) is 4.32. The van der Waals surface area contributed by atoms with Crippen molar-refractivity contribution in [1.82, 2.24) is 0 Å². The quantitative estimate of drug-likeness (QED) is 0.470. The summed E-state index contributed by atoms with van der Waals surface area (Å²) in [6.07, 6.45) is 1.47. The summed E-state index contributed by atoms with van der Waals surface area (Å²) >= 11 is 0. The van der Waals surface area contributed by atoms with Crippen LogP contribution in [-0.4, -0.2) is 23.6 Å². The van der Waals surface area contributed by atoms with E-state index in [1.54, 1.807) is 0 Å². The molecule has 5 heteroatoms. The van der Waals surface area contributed by atoms with Crippen molar-refractivity contribution in [2.75, 3.05) is 11.9 Å². The van der Waals surface area contributed by atoms with Crippen molar-refractivity contribution in [2.24, 2.45) is 5.92 Å². The molecule has 2 N–H and O–H groups in total. The van der Waals surface area contributed by atoms with E-state index in [4.69, 9.17) is 4.74 Å². The summed E-state index contributed by atoms with van der Waals surface area (Å²) in [6, 6.07) is 19.8. The van der Waals surface area contributed by atoms with Crippen LogP contribution in [0.5, 0.6) is 5.75 Å². The van der Waals surface area contributed by atoms with Crippen molar-refractivity contribution in [3.05, 3.63) is 94.0 Å². The molecule has 2 atom stereocenters. The minimum Gasteiger partial charge on any atom is -0.493 e. The van der Waals surface area contributed by atoms with Gasteiger partial charge in [-0.3, -0.25) is 9.59 Å². The van der Waals surface area contributed by atoms with E-state index < -0.39 is 5.97 Å². The van der Waals surface area contributed by atoms with Gasteiger partial charge >= 0.3 is 5.97 Å². The van der Waals surface area contributed by atoms with Gasteiger partial charge < -0.3 is 15.2 Å². The molecular formula is C28H29NO4. The van der Waals surface area contributed by atoms with Gasteiger partial charge in [0.15, 0.2) is 0 Å². The first-order chi connectivity index (χ1) is 15.8. The Morgan fingerprint density at radius 1 is 0.970 bits per heavy atom. The summed E-state index contributed by atoms with van der Waals surface area (Å²) in [7, 11) is 0. The summed E-state index contributed by atoms with van der Waals surface area (Å²) in [6.45, 7) is 6.33. The van der Waals surface area contributed by atoms with E-state index in [1.165, 1.54) is 5.56 Å². The third-order valence-corrected chi connectivity index (χ3v) is 6.28. The van der Waals surface area contributed by atoms with E-state index in [0.29, 0.717) is 18.6 Å². The fourth-order valence-electron chi connectivity index (χ4n) is 4.32. The Morgan fingerprint density at radius 3 is 2.30 bits per heavy atom. The number of carboxylic acid groups (broad SMARTS) is 1. The van der Waals surface area contributed by atoms with Crippen LogP contribution in [0.15, 0.2) is 60.7 Å². The highest BCUT2D eigenvalue weighted by Crippen LogP contribution is 2.48. The molecule has 1 saturated carbocycles. The summed E-state index contributed by atoms with van der Waals surface area (Å²) < 4.78 is 5.94. The Balaban J connectivity index is 1.44. The molecule has 1 fully saturated rings. The van der Waals surface area contributed by atoms with E-state index in [-0.39, 0.29) is 17.7 Å². The second kappa shape index (κ2) is 9.49. The highest BCUT2D eigenvalue weighted by atomic mass is 16.5. The molecule has 0 heterocycles. The second-order valence-electron chi connectivity index (χ2n) is 8.83. The summed E-state index contributed by atoms with van der Waals surface area (Å²) in [5, 5.41) is 12.3. The smallest absolute Gasteiger partial charge is 0.307 e. The van der Waals surface area contributed by atoms with Crippen molar-refractivity contribution in [2.45, 2.75) is 39.5 Å². The number of anilines is 1. The molecule has 0 spiro atoms. The molecule has 33 heavy (non-hydrogen) atoms. The molecule has 0 aromatic heterocycles. The lowest BCUT2D eigenvalue weighted by atomic mass is 10.0. The SMILES string of the molecule is Cc1ccc([C@@H]2C[C@@H]2C(=O)O)cc1NC(=O)c1c(C)cc(OCCc2ccccc2)cc1C. The van der Waals surface area contributed by atoms with Gasteiger partial charge in [0.25, 0.3) is 5.91 Å².